The summed E-state index contributed by atoms with van der Waals surface area (Å²) in [7, 11) is 0. The van der Waals surface area contributed by atoms with Crippen molar-refractivity contribution >= 4 is 24.1 Å². The minimum atomic E-state index is -0.824. The predicted molar refractivity (Wildman–Crippen MR) is 110 cm³/mol. The highest BCUT2D eigenvalue weighted by Gasteiger charge is 2.28. The zero-order valence-electron chi connectivity index (χ0n) is 16.9. The van der Waals surface area contributed by atoms with Gasteiger partial charge in [-0.1, -0.05) is 44.2 Å². The second-order valence-corrected chi connectivity index (χ2v) is 7.21. The van der Waals surface area contributed by atoms with E-state index < -0.39 is 36.0 Å². The van der Waals surface area contributed by atoms with Crippen LogP contribution in [-0.2, 0) is 20.8 Å². The lowest BCUT2D eigenvalue weighted by Gasteiger charge is -2.25. The van der Waals surface area contributed by atoms with Gasteiger partial charge in [0.05, 0.1) is 12.1 Å². The lowest BCUT2D eigenvalue weighted by atomic mass is 10.0. The number of rotatable bonds is 12. The van der Waals surface area contributed by atoms with Gasteiger partial charge in [0.25, 0.3) is 0 Å². The van der Waals surface area contributed by atoms with Crippen molar-refractivity contribution in [1.29, 1.82) is 0 Å². The lowest BCUT2D eigenvalue weighted by Crippen LogP contribution is -2.55. The van der Waals surface area contributed by atoms with Gasteiger partial charge in [0.1, 0.15) is 12.3 Å². The van der Waals surface area contributed by atoms with E-state index >= 15 is 0 Å². The molecule has 0 bridgehead atoms. The van der Waals surface area contributed by atoms with Gasteiger partial charge in [-0.15, -0.1) is 0 Å². The molecule has 0 aromatic heterocycles. The number of nitrogens with one attached hydrogen (secondary N) is 3. The fraction of sp³-hybridized carbons (Fsp3) is 0.500. The Kier molecular flexibility index (Phi) is 10.4. The Balaban J connectivity index is 2.60. The fourth-order valence-electron chi connectivity index (χ4n) is 2.74. The number of primary amides is 1. The van der Waals surface area contributed by atoms with Crippen molar-refractivity contribution in [1.82, 2.24) is 16.0 Å². The van der Waals surface area contributed by atoms with E-state index in [9.17, 15) is 19.2 Å². The Bertz CT molecular complexity index is 681. The molecule has 0 heterocycles. The molecule has 3 atom stereocenters. The fourth-order valence-corrected chi connectivity index (χ4v) is 2.74. The predicted octanol–water partition coefficient (Wildman–Crippen LogP) is -0.171. The molecule has 29 heavy (non-hydrogen) atoms. The van der Waals surface area contributed by atoms with Crippen LogP contribution in [0.5, 0.6) is 0 Å². The maximum atomic E-state index is 12.6. The van der Waals surface area contributed by atoms with E-state index in [1.165, 1.54) is 0 Å². The molecule has 0 unspecified atom stereocenters. The highest BCUT2D eigenvalue weighted by molar-refractivity contribution is 5.91. The molecule has 0 aliphatic rings. The Morgan fingerprint density at radius 3 is 2.28 bits per heavy atom. The van der Waals surface area contributed by atoms with Crippen molar-refractivity contribution in [3.05, 3.63) is 35.9 Å². The highest BCUT2D eigenvalue weighted by Crippen LogP contribution is 2.06. The van der Waals surface area contributed by atoms with Crippen molar-refractivity contribution in [2.45, 2.75) is 51.2 Å². The molecule has 1 rings (SSSR count). The molecule has 7 N–H and O–H groups in total. The summed E-state index contributed by atoms with van der Waals surface area (Å²) in [5.41, 5.74) is 11.9. The van der Waals surface area contributed by atoms with E-state index in [-0.39, 0.29) is 5.92 Å². The Hall–Kier alpha value is -2.94. The number of benzene rings is 1. The smallest absolute Gasteiger partial charge is 0.312 e. The molecule has 0 aliphatic heterocycles. The van der Waals surface area contributed by atoms with Crippen LogP contribution in [0.1, 0.15) is 32.3 Å². The summed E-state index contributed by atoms with van der Waals surface area (Å²) < 4.78 is 0. The topological polar surface area (TPSA) is 156 Å². The van der Waals surface area contributed by atoms with Gasteiger partial charge < -0.3 is 32.2 Å². The van der Waals surface area contributed by atoms with E-state index in [1.54, 1.807) is 13.8 Å². The van der Waals surface area contributed by atoms with Gasteiger partial charge in [0, 0.05) is 6.54 Å². The van der Waals surface area contributed by atoms with Crippen LogP contribution >= 0.6 is 0 Å². The van der Waals surface area contributed by atoms with Crippen molar-refractivity contribution in [3.8, 4) is 0 Å². The van der Waals surface area contributed by atoms with E-state index in [2.05, 4.69) is 16.0 Å². The van der Waals surface area contributed by atoms with Crippen LogP contribution in [-0.4, -0.2) is 48.8 Å². The van der Waals surface area contributed by atoms with Crippen LogP contribution in [0.3, 0.4) is 0 Å². The summed E-state index contributed by atoms with van der Waals surface area (Å²) in [6.07, 6.45) is 1.78. The van der Waals surface area contributed by atoms with E-state index in [1.807, 2.05) is 30.3 Å². The Morgan fingerprint density at radius 2 is 1.72 bits per heavy atom. The number of nitrogens with two attached hydrogens (primary N) is 2. The summed E-state index contributed by atoms with van der Waals surface area (Å²) in [5.74, 6) is -1.09. The zero-order chi connectivity index (χ0) is 21.8. The first-order chi connectivity index (χ1) is 13.7. The summed E-state index contributed by atoms with van der Waals surface area (Å²) in [5, 5.41) is 7.72. The van der Waals surface area contributed by atoms with Gasteiger partial charge >= 0.3 is 6.03 Å². The second-order valence-electron chi connectivity index (χ2n) is 7.21. The number of amides is 4. The molecule has 160 valence electrons. The van der Waals surface area contributed by atoms with Crippen LogP contribution in [0, 0.1) is 5.92 Å². The molecule has 1 aromatic carbocycles. The minimum absolute atomic E-state index is 0.202. The van der Waals surface area contributed by atoms with Crippen LogP contribution in [0.2, 0.25) is 0 Å². The van der Waals surface area contributed by atoms with E-state index in [0.717, 1.165) is 5.56 Å². The number of hydrogen-bond donors (Lipinski definition) is 5. The number of carbonyl (C=O) groups is 4. The standard InChI is InChI=1S/C20H31N5O4/c1-13(2)17(19(28)24-15(12-26)9-6-10-23-20(22)29)25-18(27)16(21)11-14-7-4-3-5-8-14/h3-5,7-8,12-13,15-17H,6,9-11,21H2,1-2H3,(H,24,28)(H,25,27)(H3,22,23,29)/t15-,16-,17-/m0/s1. The first kappa shape index (κ1) is 24.1. The van der Waals surface area contributed by atoms with Crippen molar-refractivity contribution in [2.24, 2.45) is 17.4 Å². The van der Waals surface area contributed by atoms with Gasteiger partial charge in [-0.25, -0.2) is 4.79 Å². The molecule has 0 aliphatic carbocycles. The maximum absolute atomic E-state index is 12.6. The van der Waals surface area contributed by atoms with Crippen LogP contribution in [0.15, 0.2) is 30.3 Å². The van der Waals surface area contributed by atoms with Gasteiger partial charge in [-0.05, 0) is 30.7 Å². The lowest BCUT2D eigenvalue weighted by molar-refractivity contribution is -0.131. The van der Waals surface area contributed by atoms with Gasteiger partial charge in [-0.2, -0.15) is 0 Å². The summed E-state index contributed by atoms with van der Waals surface area (Å²) in [4.78, 5) is 47.0. The first-order valence-electron chi connectivity index (χ1n) is 9.63. The largest absolute Gasteiger partial charge is 0.352 e. The van der Waals surface area contributed by atoms with Gasteiger partial charge in [-0.3, -0.25) is 9.59 Å². The second kappa shape index (κ2) is 12.5. The van der Waals surface area contributed by atoms with E-state index in [4.69, 9.17) is 11.5 Å². The third kappa shape index (κ3) is 9.20. The molecule has 0 saturated heterocycles. The number of carbonyl (C=O) groups excluding carboxylic acids is 4. The van der Waals surface area contributed by atoms with Crippen LogP contribution < -0.4 is 27.4 Å². The zero-order valence-corrected chi connectivity index (χ0v) is 16.9. The average molecular weight is 405 g/mol. The monoisotopic (exact) mass is 405 g/mol. The summed E-state index contributed by atoms with van der Waals surface area (Å²) >= 11 is 0. The van der Waals surface area contributed by atoms with Gasteiger partial charge in [0.2, 0.25) is 11.8 Å². The summed E-state index contributed by atoms with van der Waals surface area (Å²) in [6, 6.07) is 6.36. The molecule has 0 radical (unpaired) electrons. The molecule has 0 fully saturated rings. The molecular weight excluding hydrogens is 374 g/mol. The molecule has 9 heteroatoms. The first-order valence-corrected chi connectivity index (χ1v) is 9.63. The molecule has 9 nitrogen and oxygen atoms in total. The van der Waals surface area contributed by atoms with Crippen LogP contribution in [0.25, 0.3) is 0 Å². The van der Waals surface area contributed by atoms with Crippen LogP contribution in [0.4, 0.5) is 4.79 Å². The van der Waals surface area contributed by atoms with Gasteiger partial charge in [0.15, 0.2) is 0 Å². The average Bonchev–Trinajstić information content (AvgIpc) is 2.68. The Morgan fingerprint density at radius 1 is 1.07 bits per heavy atom. The Labute approximate surface area is 171 Å². The third-order valence-corrected chi connectivity index (χ3v) is 4.37. The van der Waals surface area contributed by atoms with Crippen molar-refractivity contribution in [2.75, 3.05) is 6.54 Å². The minimum Gasteiger partial charge on any atom is -0.352 e. The molecule has 0 saturated carbocycles. The highest BCUT2D eigenvalue weighted by atomic mass is 16.2. The third-order valence-electron chi connectivity index (χ3n) is 4.37. The summed E-state index contributed by atoms with van der Waals surface area (Å²) in [6.45, 7) is 3.88. The molecule has 4 amide bonds. The normalized spacial score (nSPS) is 13.8. The maximum Gasteiger partial charge on any atom is 0.312 e. The molecule has 1 aromatic rings. The number of hydrogen-bond acceptors (Lipinski definition) is 5. The van der Waals surface area contributed by atoms with Crippen molar-refractivity contribution in [3.63, 3.8) is 0 Å². The quantitative estimate of drug-likeness (QED) is 0.241. The molecule has 0 spiro atoms. The number of aldehydes is 1. The number of urea groups is 1. The van der Waals surface area contributed by atoms with Crippen molar-refractivity contribution < 1.29 is 19.2 Å². The SMILES string of the molecule is CC(C)[C@H](NC(=O)[C@@H](N)Cc1ccccc1)C(=O)N[C@H](C=O)CCCNC(N)=O. The molecular formula is C20H31N5O4. The van der Waals surface area contributed by atoms with E-state index in [0.29, 0.717) is 32.1 Å².